The Labute approximate surface area is 201 Å². The summed E-state index contributed by atoms with van der Waals surface area (Å²) in [6.45, 7) is 2.80. The first-order chi connectivity index (χ1) is 16.4. The molecule has 3 rings (SSSR count). The van der Waals surface area contributed by atoms with Crippen molar-refractivity contribution >= 4 is 21.8 Å². The lowest BCUT2D eigenvalue weighted by Gasteiger charge is -2.31. The summed E-state index contributed by atoms with van der Waals surface area (Å²) in [6, 6.07) is 16.5. The van der Waals surface area contributed by atoms with Crippen LogP contribution in [0.15, 0.2) is 65.6 Å². The van der Waals surface area contributed by atoms with Gasteiger partial charge in [0.2, 0.25) is 21.8 Å². The highest BCUT2D eigenvalue weighted by molar-refractivity contribution is 7.89. The molecule has 0 saturated carbocycles. The second-order valence-electron chi connectivity index (χ2n) is 8.33. The van der Waals surface area contributed by atoms with E-state index in [4.69, 9.17) is 4.74 Å². The van der Waals surface area contributed by atoms with Crippen LogP contribution in [0, 0.1) is 0 Å². The van der Waals surface area contributed by atoms with E-state index in [2.05, 4.69) is 10.0 Å². The van der Waals surface area contributed by atoms with Crippen LogP contribution in [0.4, 0.5) is 0 Å². The van der Waals surface area contributed by atoms with Crippen molar-refractivity contribution in [3.63, 3.8) is 0 Å². The van der Waals surface area contributed by atoms with Crippen molar-refractivity contribution in [1.82, 2.24) is 14.9 Å². The average molecular weight is 488 g/mol. The van der Waals surface area contributed by atoms with E-state index in [1.54, 1.807) is 18.2 Å². The normalized spacial score (nSPS) is 16.7. The molecule has 184 valence electrons. The van der Waals surface area contributed by atoms with Crippen LogP contribution in [0.3, 0.4) is 0 Å². The lowest BCUT2D eigenvalue weighted by molar-refractivity contribution is -0.140. The van der Waals surface area contributed by atoms with Gasteiger partial charge in [-0.1, -0.05) is 61.9 Å². The summed E-state index contributed by atoms with van der Waals surface area (Å²) in [6.07, 6.45) is 3.00. The van der Waals surface area contributed by atoms with E-state index in [0.717, 1.165) is 18.4 Å². The number of ether oxygens (including phenoxy) is 1. The number of sulfonamides is 1. The number of benzene rings is 2. The molecule has 0 bridgehead atoms. The van der Waals surface area contributed by atoms with E-state index < -0.39 is 28.5 Å². The predicted molar refractivity (Wildman–Crippen MR) is 129 cm³/mol. The maximum absolute atomic E-state index is 13.3. The van der Waals surface area contributed by atoms with E-state index in [9.17, 15) is 18.0 Å². The predicted octanol–water partition coefficient (Wildman–Crippen LogP) is 2.46. The molecule has 2 aromatic carbocycles. The van der Waals surface area contributed by atoms with Crippen molar-refractivity contribution in [2.45, 2.75) is 56.2 Å². The third-order valence-electron chi connectivity index (χ3n) is 5.75. The molecule has 8 nitrogen and oxygen atoms in total. The number of amides is 2. The monoisotopic (exact) mass is 487 g/mol. The number of rotatable bonds is 12. The summed E-state index contributed by atoms with van der Waals surface area (Å²) in [5.74, 6) is -0.721. The number of hydrogen-bond acceptors (Lipinski definition) is 5. The zero-order chi connectivity index (χ0) is 24.4. The Bertz CT molecular complexity index is 1030. The maximum atomic E-state index is 13.3. The standard InChI is InChI=1S/C25H33N3O5S/c1-2-10-23(25(30)26-17-21-13-9-16-33-21)28(19-20-11-5-3-6-12-20)24(29)18-27-34(31,32)22-14-7-4-8-15-22/h3-8,11-12,14-15,21,23,27H,2,9-10,13,16-19H2,1H3,(H,26,30)/t21-,23+/m0/s1. The number of carbonyl (C=O) groups is 2. The minimum absolute atomic E-state index is 0.0119. The third-order valence-corrected chi connectivity index (χ3v) is 7.17. The minimum Gasteiger partial charge on any atom is -0.376 e. The molecule has 1 aliphatic heterocycles. The van der Waals surface area contributed by atoms with Gasteiger partial charge in [0.1, 0.15) is 6.04 Å². The second-order valence-corrected chi connectivity index (χ2v) is 10.1. The number of carbonyl (C=O) groups excluding carboxylic acids is 2. The van der Waals surface area contributed by atoms with Crippen molar-refractivity contribution in [3.05, 3.63) is 66.2 Å². The van der Waals surface area contributed by atoms with Crippen LogP contribution < -0.4 is 10.0 Å². The largest absolute Gasteiger partial charge is 0.376 e. The number of hydrogen-bond donors (Lipinski definition) is 2. The fourth-order valence-electron chi connectivity index (χ4n) is 3.93. The molecule has 34 heavy (non-hydrogen) atoms. The lowest BCUT2D eigenvalue weighted by Crippen LogP contribution is -2.52. The SMILES string of the molecule is CCC[C@H](C(=O)NC[C@@H]1CCCO1)N(Cc1ccccc1)C(=O)CNS(=O)(=O)c1ccccc1. The molecule has 9 heteroatoms. The van der Waals surface area contributed by atoms with Crippen LogP contribution in [-0.2, 0) is 30.9 Å². The van der Waals surface area contributed by atoms with E-state index >= 15 is 0 Å². The summed E-state index contributed by atoms with van der Waals surface area (Å²) < 4.78 is 33.2. The smallest absolute Gasteiger partial charge is 0.242 e. The summed E-state index contributed by atoms with van der Waals surface area (Å²) in [4.78, 5) is 28.0. The zero-order valence-electron chi connectivity index (χ0n) is 19.5. The highest BCUT2D eigenvalue weighted by Gasteiger charge is 2.30. The second kappa shape index (κ2) is 12.6. The van der Waals surface area contributed by atoms with Crippen molar-refractivity contribution in [1.29, 1.82) is 0 Å². The average Bonchev–Trinajstić information content (AvgIpc) is 3.38. The molecule has 2 N–H and O–H groups in total. The van der Waals surface area contributed by atoms with Gasteiger partial charge in [-0.2, -0.15) is 0 Å². The first kappa shape index (κ1) is 25.9. The van der Waals surface area contributed by atoms with Gasteiger partial charge < -0.3 is 15.0 Å². The Balaban J connectivity index is 1.75. The third kappa shape index (κ3) is 7.38. The van der Waals surface area contributed by atoms with Gasteiger partial charge >= 0.3 is 0 Å². The summed E-state index contributed by atoms with van der Waals surface area (Å²) in [5.41, 5.74) is 0.856. The molecule has 0 spiro atoms. The quantitative estimate of drug-likeness (QED) is 0.479. The number of nitrogens with zero attached hydrogens (tertiary/aromatic N) is 1. The molecule has 1 aliphatic rings. The molecule has 0 aromatic heterocycles. The van der Waals surface area contributed by atoms with E-state index in [1.807, 2.05) is 37.3 Å². The number of nitrogens with one attached hydrogen (secondary N) is 2. The minimum atomic E-state index is -3.86. The van der Waals surface area contributed by atoms with E-state index in [1.165, 1.54) is 17.0 Å². The van der Waals surface area contributed by atoms with Gasteiger partial charge in [0.05, 0.1) is 17.5 Å². The molecule has 2 aromatic rings. The molecule has 1 saturated heterocycles. The molecular formula is C25H33N3O5S. The van der Waals surface area contributed by atoms with Gasteiger partial charge in [0, 0.05) is 19.7 Å². The topological polar surface area (TPSA) is 105 Å². The fourth-order valence-corrected chi connectivity index (χ4v) is 4.93. The maximum Gasteiger partial charge on any atom is 0.242 e. The first-order valence-electron chi connectivity index (χ1n) is 11.7. The van der Waals surface area contributed by atoms with Crippen molar-refractivity contribution < 1.29 is 22.7 Å². The Morgan fingerprint density at radius 3 is 2.38 bits per heavy atom. The van der Waals surface area contributed by atoms with Crippen molar-refractivity contribution in [3.8, 4) is 0 Å². The lowest BCUT2D eigenvalue weighted by atomic mass is 10.1. The van der Waals surface area contributed by atoms with Crippen LogP contribution in [0.2, 0.25) is 0 Å². The van der Waals surface area contributed by atoms with E-state index in [-0.39, 0.29) is 23.5 Å². The van der Waals surface area contributed by atoms with Gasteiger partial charge in [-0.25, -0.2) is 13.1 Å². The van der Waals surface area contributed by atoms with Crippen LogP contribution in [0.5, 0.6) is 0 Å². The Hall–Kier alpha value is -2.75. The fraction of sp³-hybridized carbons (Fsp3) is 0.440. The first-order valence-corrected chi connectivity index (χ1v) is 13.2. The molecular weight excluding hydrogens is 454 g/mol. The molecule has 1 fully saturated rings. The van der Waals surface area contributed by atoms with Crippen LogP contribution >= 0.6 is 0 Å². The Morgan fingerprint density at radius 1 is 1.09 bits per heavy atom. The highest BCUT2D eigenvalue weighted by Crippen LogP contribution is 2.16. The summed E-state index contributed by atoms with van der Waals surface area (Å²) in [7, 11) is -3.86. The van der Waals surface area contributed by atoms with Crippen LogP contribution in [0.25, 0.3) is 0 Å². The molecule has 2 amide bonds. The van der Waals surface area contributed by atoms with E-state index in [0.29, 0.717) is 26.0 Å². The zero-order valence-corrected chi connectivity index (χ0v) is 20.3. The molecule has 0 aliphatic carbocycles. The Morgan fingerprint density at radius 2 is 1.76 bits per heavy atom. The molecule has 0 unspecified atom stereocenters. The summed E-state index contributed by atoms with van der Waals surface area (Å²) >= 11 is 0. The summed E-state index contributed by atoms with van der Waals surface area (Å²) in [5, 5.41) is 2.93. The van der Waals surface area contributed by atoms with Crippen LogP contribution in [0.1, 0.15) is 38.2 Å². The van der Waals surface area contributed by atoms with Gasteiger partial charge in [-0.15, -0.1) is 0 Å². The van der Waals surface area contributed by atoms with Gasteiger partial charge in [0.15, 0.2) is 0 Å². The van der Waals surface area contributed by atoms with Gasteiger partial charge in [0.25, 0.3) is 0 Å². The Kier molecular flexibility index (Phi) is 9.62. The molecule has 1 heterocycles. The van der Waals surface area contributed by atoms with Crippen LogP contribution in [-0.4, -0.2) is 57.0 Å². The van der Waals surface area contributed by atoms with Crippen molar-refractivity contribution in [2.24, 2.45) is 0 Å². The highest BCUT2D eigenvalue weighted by atomic mass is 32.2. The van der Waals surface area contributed by atoms with Gasteiger partial charge in [-0.05, 0) is 37.0 Å². The molecule has 0 radical (unpaired) electrons. The molecule has 2 atom stereocenters. The van der Waals surface area contributed by atoms with Crippen molar-refractivity contribution in [2.75, 3.05) is 19.7 Å². The van der Waals surface area contributed by atoms with Gasteiger partial charge in [-0.3, -0.25) is 9.59 Å².